The molecule has 5 heteroatoms. The lowest BCUT2D eigenvalue weighted by Gasteiger charge is -2.12. The van der Waals surface area contributed by atoms with Crippen LogP contribution in [0.3, 0.4) is 0 Å². The molecule has 1 unspecified atom stereocenters. The Bertz CT molecular complexity index is 484. The molecule has 19 heavy (non-hydrogen) atoms. The number of ether oxygens (including phenoxy) is 1. The summed E-state index contributed by atoms with van der Waals surface area (Å²) in [5.41, 5.74) is 0.852. The Hall–Kier alpha value is -1.85. The summed E-state index contributed by atoms with van der Waals surface area (Å²) in [6, 6.07) is 11.3. The van der Waals surface area contributed by atoms with Gasteiger partial charge in [-0.25, -0.2) is 0 Å². The van der Waals surface area contributed by atoms with E-state index < -0.39 is 6.10 Å². The molecule has 0 saturated heterocycles. The van der Waals surface area contributed by atoms with E-state index in [0.717, 1.165) is 17.2 Å². The lowest BCUT2D eigenvalue weighted by Crippen LogP contribution is -2.31. The highest BCUT2D eigenvalue weighted by Gasteiger charge is 2.06. The van der Waals surface area contributed by atoms with Crippen LogP contribution < -0.4 is 10.1 Å². The molecular weight excluding hydrogens is 244 g/mol. The van der Waals surface area contributed by atoms with Gasteiger partial charge in [0.15, 0.2) is 5.76 Å². The van der Waals surface area contributed by atoms with E-state index in [2.05, 4.69) is 10.5 Å². The van der Waals surface area contributed by atoms with Crippen LogP contribution in [0, 0.1) is 6.92 Å². The van der Waals surface area contributed by atoms with Crippen molar-refractivity contribution in [3.63, 3.8) is 0 Å². The van der Waals surface area contributed by atoms with E-state index in [4.69, 9.17) is 9.26 Å². The lowest BCUT2D eigenvalue weighted by atomic mass is 10.3. The zero-order chi connectivity index (χ0) is 13.5. The third kappa shape index (κ3) is 4.73. The lowest BCUT2D eigenvalue weighted by molar-refractivity contribution is 0.105. The van der Waals surface area contributed by atoms with Gasteiger partial charge in [-0.05, 0) is 19.1 Å². The maximum absolute atomic E-state index is 9.76. The standard InChI is InChI=1S/C14H18N2O3/c1-11-7-14(19-16-11)9-15-8-12(17)10-18-13-5-3-2-4-6-13/h2-7,12,15,17H,8-10H2,1H3. The predicted molar refractivity (Wildman–Crippen MR) is 70.9 cm³/mol. The van der Waals surface area contributed by atoms with E-state index in [1.807, 2.05) is 43.3 Å². The molecular formula is C14H18N2O3. The largest absolute Gasteiger partial charge is 0.491 e. The van der Waals surface area contributed by atoms with Gasteiger partial charge in [-0.3, -0.25) is 0 Å². The monoisotopic (exact) mass is 262 g/mol. The van der Waals surface area contributed by atoms with Crippen LogP contribution in [0.25, 0.3) is 0 Å². The SMILES string of the molecule is Cc1cc(CNCC(O)COc2ccccc2)on1. The van der Waals surface area contributed by atoms with Crippen molar-refractivity contribution in [1.82, 2.24) is 10.5 Å². The van der Waals surface area contributed by atoms with E-state index in [1.54, 1.807) is 0 Å². The molecule has 0 fully saturated rings. The van der Waals surface area contributed by atoms with E-state index in [1.165, 1.54) is 0 Å². The summed E-state index contributed by atoms with van der Waals surface area (Å²) in [6.07, 6.45) is -0.566. The molecule has 0 bridgehead atoms. The van der Waals surface area contributed by atoms with Gasteiger partial charge in [-0.2, -0.15) is 0 Å². The molecule has 0 aliphatic rings. The van der Waals surface area contributed by atoms with Crippen LogP contribution in [-0.4, -0.2) is 29.5 Å². The first kappa shape index (κ1) is 13.6. The highest BCUT2D eigenvalue weighted by Crippen LogP contribution is 2.08. The molecule has 1 aromatic carbocycles. The molecule has 2 rings (SSSR count). The average Bonchev–Trinajstić information content (AvgIpc) is 2.83. The van der Waals surface area contributed by atoms with Gasteiger partial charge in [-0.15, -0.1) is 0 Å². The third-order valence-corrected chi connectivity index (χ3v) is 2.54. The molecule has 2 N–H and O–H groups in total. The van der Waals surface area contributed by atoms with Gasteiger partial charge in [0.1, 0.15) is 18.5 Å². The van der Waals surface area contributed by atoms with Gasteiger partial charge in [-0.1, -0.05) is 23.4 Å². The van der Waals surface area contributed by atoms with Crippen molar-refractivity contribution in [1.29, 1.82) is 0 Å². The summed E-state index contributed by atoms with van der Waals surface area (Å²) in [6.45, 7) is 3.11. The average molecular weight is 262 g/mol. The summed E-state index contributed by atoms with van der Waals surface area (Å²) < 4.78 is 10.5. The van der Waals surface area contributed by atoms with Gasteiger partial charge in [0.2, 0.25) is 0 Å². The summed E-state index contributed by atoms with van der Waals surface area (Å²) in [5, 5.41) is 16.6. The Morgan fingerprint density at radius 3 is 2.84 bits per heavy atom. The molecule has 0 spiro atoms. The van der Waals surface area contributed by atoms with E-state index in [-0.39, 0.29) is 6.61 Å². The topological polar surface area (TPSA) is 67.5 Å². The number of para-hydroxylation sites is 1. The summed E-state index contributed by atoms with van der Waals surface area (Å²) in [5.74, 6) is 1.51. The molecule has 5 nitrogen and oxygen atoms in total. The Morgan fingerprint density at radius 1 is 1.37 bits per heavy atom. The molecule has 1 heterocycles. The van der Waals surface area contributed by atoms with Crippen molar-refractivity contribution in [2.75, 3.05) is 13.2 Å². The van der Waals surface area contributed by atoms with Gasteiger partial charge in [0.05, 0.1) is 12.2 Å². The van der Waals surface area contributed by atoms with Gasteiger partial charge in [0, 0.05) is 12.6 Å². The minimum Gasteiger partial charge on any atom is -0.491 e. The second-order valence-corrected chi connectivity index (χ2v) is 4.34. The maximum Gasteiger partial charge on any atom is 0.150 e. The van der Waals surface area contributed by atoms with Crippen molar-refractivity contribution >= 4 is 0 Å². The minimum atomic E-state index is -0.566. The van der Waals surface area contributed by atoms with Crippen LogP contribution in [0.2, 0.25) is 0 Å². The van der Waals surface area contributed by atoms with Crippen molar-refractivity contribution in [2.24, 2.45) is 0 Å². The number of aryl methyl sites for hydroxylation is 1. The first-order valence-electron chi connectivity index (χ1n) is 6.23. The van der Waals surface area contributed by atoms with Crippen molar-refractivity contribution in [3.05, 3.63) is 47.9 Å². The second-order valence-electron chi connectivity index (χ2n) is 4.34. The zero-order valence-electron chi connectivity index (χ0n) is 10.9. The van der Waals surface area contributed by atoms with Crippen molar-refractivity contribution in [2.45, 2.75) is 19.6 Å². The van der Waals surface area contributed by atoms with Gasteiger partial charge >= 0.3 is 0 Å². The number of aromatic nitrogens is 1. The third-order valence-electron chi connectivity index (χ3n) is 2.54. The molecule has 0 aliphatic heterocycles. The number of aliphatic hydroxyl groups excluding tert-OH is 1. The minimum absolute atomic E-state index is 0.256. The number of hydrogen-bond donors (Lipinski definition) is 2. The highest BCUT2D eigenvalue weighted by molar-refractivity contribution is 5.20. The van der Waals surface area contributed by atoms with Crippen LogP contribution in [0.4, 0.5) is 0 Å². The van der Waals surface area contributed by atoms with Crippen molar-refractivity contribution < 1.29 is 14.4 Å². The normalized spacial score (nSPS) is 12.3. The smallest absolute Gasteiger partial charge is 0.150 e. The van der Waals surface area contributed by atoms with E-state index >= 15 is 0 Å². The molecule has 0 aliphatic carbocycles. The van der Waals surface area contributed by atoms with Crippen LogP contribution in [0.5, 0.6) is 5.75 Å². The summed E-state index contributed by atoms with van der Waals surface area (Å²) in [7, 11) is 0. The number of nitrogens with one attached hydrogen (secondary N) is 1. The van der Waals surface area contributed by atoms with E-state index in [0.29, 0.717) is 13.1 Å². The van der Waals surface area contributed by atoms with Crippen LogP contribution >= 0.6 is 0 Å². The molecule has 102 valence electrons. The number of rotatable bonds is 7. The number of nitrogens with zero attached hydrogens (tertiary/aromatic N) is 1. The first-order valence-corrected chi connectivity index (χ1v) is 6.23. The second kappa shape index (κ2) is 6.92. The molecule has 0 amide bonds. The first-order chi connectivity index (χ1) is 9.24. The highest BCUT2D eigenvalue weighted by atomic mass is 16.5. The van der Waals surface area contributed by atoms with Crippen molar-refractivity contribution in [3.8, 4) is 5.75 Å². The Kier molecular flexibility index (Phi) is 4.94. The molecule has 0 saturated carbocycles. The van der Waals surface area contributed by atoms with E-state index in [9.17, 15) is 5.11 Å². The summed E-state index contributed by atoms with van der Waals surface area (Å²) in [4.78, 5) is 0. The Balaban J connectivity index is 1.63. The van der Waals surface area contributed by atoms with Crippen LogP contribution in [-0.2, 0) is 6.54 Å². The molecule has 0 radical (unpaired) electrons. The number of benzene rings is 1. The Labute approximate surface area is 112 Å². The molecule has 2 aromatic rings. The predicted octanol–water partition coefficient (Wildman–Crippen LogP) is 1.51. The zero-order valence-corrected chi connectivity index (χ0v) is 10.9. The summed E-state index contributed by atoms with van der Waals surface area (Å²) >= 11 is 0. The van der Waals surface area contributed by atoms with Gasteiger partial charge in [0.25, 0.3) is 0 Å². The fraction of sp³-hybridized carbons (Fsp3) is 0.357. The number of hydrogen-bond acceptors (Lipinski definition) is 5. The fourth-order valence-corrected chi connectivity index (χ4v) is 1.63. The maximum atomic E-state index is 9.76. The quantitative estimate of drug-likeness (QED) is 0.791. The van der Waals surface area contributed by atoms with Crippen LogP contribution in [0.1, 0.15) is 11.5 Å². The fourth-order valence-electron chi connectivity index (χ4n) is 1.63. The van der Waals surface area contributed by atoms with Gasteiger partial charge < -0.3 is 19.7 Å². The molecule has 1 aromatic heterocycles. The Morgan fingerprint density at radius 2 is 2.16 bits per heavy atom. The number of aliphatic hydroxyl groups is 1. The van der Waals surface area contributed by atoms with Crippen LogP contribution in [0.15, 0.2) is 40.9 Å². The molecule has 1 atom stereocenters.